The molecule has 1 aromatic rings. The summed E-state index contributed by atoms with van der Waals surface area (Å²) in [6.45, 7) is 5.09. The minimum Gasteiger partial charge on any atom is -0.406 e. The summed E-state index contributed by atoms with van der Waals surface area (Å²) >= 11 is 0. The minimum atomic E-state index is -4.63. The van der Waals surface area contributed by atoms with Crippen LogP contribution in [0.1, 0.15) is 31.7 Å². The van der Waals surface area contributed by atoms with E-state index in [9.17, 15) is 13.2 Å². The van der Waals surface area contributed by atoms with E-state index in [1.807, 2.05) is 6.07 Å². The fourth-order valence-electron chi connectivity index (χ4n) is 2.70. The van der Waals surface area contributed by atoms with Gasteiger partial charge >= 0.3 is 6.36 Å². The Hall–Kier alpha value is -1.23. The third-order valence-electron chi connectivity index (χ3n) is 3.76. The van der Waals surface area contributed by atoms with Gasteiger partial charge in [0.2, 0.25) is 0 Å². The molecule has 1 aromatic carbocycles. The first kappa shape index (κ1) is 14.2. The first-order valence-electron chi connectivity index (χ1n) is 6.50. The van der Waals surface area contributed by atoms with Gasteiger partial charge in [-0.05, 0) is 42.5 Å². The van der Waals surface area contributed by atoms with Gasteiger partial charge < -0.3 is 10.1 Å². The second-order valence-electron chi connectivity index (χ2n) is 4.99. The highest BCUT2D eigenvalue weighted by molar-refractivity contribution is 5.33. The lowest BCUT2D eigenvalue weighted by Crippen LogP contribution is -2.47. The molecule has 0 spiro atoms. The highest BCUT2D eigenvalue weighted by Gasteiger charge is 2.38. The van der Waals surface area contributed by atoms with E-state index >= 15 is 0 Å². The highest BCUT2D eigenvalue weighted by atomic mass is 19.4. The van der Waals surface area contributed by atoms with Gasteiger partial charge in [-0.2, -0.15) is 0 Å². The van der Waals surface area contributed by atoms with Crippen molar-refractivity contribution in [1.29, 1.82) is 0 Å². The SMILES string of the molecule is CCNC1CC(c2cccc(OC(F)(F)F)c2)C1C. The number of halogens is 3. The van der Waals surface area contributed by atoms with Crippen molar-refractivity contribution in [2.24, 2.45) is 5.92 Å². The number of ether oxygens (including phenoxy) is 1. The van der Waals surface area contributed by atoms with Crippen molar-refractivity contribution in [2.45, 2.75) is 38.6 Å². The lowest BCUT2D eigenvalue weighted by atomic mass is 9.67. The van der Waals surface area contributed by atoms with E-state index in [4.69, 9.17) is 0 Å². The van der Waals surface area contributed by atoms with Crippen LogP contribution in [0.5, 0.6) is 5.75 Å². The molecule has 1 saturated carbocycles. The normalized spacial score (nSPS) is 26.9. The zero-order valence-corrected chi connectivity index (χ0v) is 11.0. The molecule has 1 N–H and O–H groups in total. The maximum atomic E-state index is 12.2. The van der Waals surface area contributed by atoms with Gasteiger partial charge in [0.15, 0.2) is 0 Å². The zero-order chi connectivity index (χ0) is 14.0. The second kappa shape index (κ2) is 5.41. The van der Waals surface area contributed by atoms with E-state index in [0.717, 1.165) is 18.5 Å². The molecule has 3 unspecified atom stereocenters. The van der Waals surface area contributed by atoms with Crippen molar-refractivity contribution in [2.75, 3.05) is 6.54 Å². The van der Waals surface area contributed by atoms with Crippen molar-refractivity contribution >= 4 is 0 Å². The molecular weight excluding hydrogens is 255 g/mol. The molecule has 1 aliphatic rings. The van der Waals surface area contributed by atoms with Gasteiger partial charge in [0.1, 0.15) is 5.75 Å². The predicted octanol–water partition coefficient (Wildman–Crippen LogP) is 3.69. The van der Waals surface area contributed by atoms with E-state index < -0.39 is 6.36 Å². The van der Waals surface area contributed by atoms with Crippen LogP contribution in [0.3, 0.4) is 0 Å². The Morgan fingerprint density at radius 3 is 2.68 bits per heavy atom. The second-order valence-corrected chi connectivity index (χ2v) is 4.99. The molecule has 2 nitrogen and oxygen atoms in total. The summed E-state index contributed by atoms with van der Waals surface area (Å²) in [7, 11) is 0. The van der Waals surface area contributed by atoms with Crippen LogP contribution in [0.4, 0.5) is 13.2 Å². The smallest absolute Gasteiger partial charge is 0.406 e. The molecule has 2 rings (SSSR count). The van der Waals surface area contributed by atoms with Crippen LogP contribution in [0.2, 0.25) is 0 Å². The molecule has 0 amide bonds. The quantitative estimate of drug-likeness (QED) is 0.903. The summed E-state index contributed by atoms with van der Waals surface area (Å²) in [5.74, 6) is 0.603. The summed E-state index contributed by atoms with van der Waals surface area (Å²) in [6, 6.07) is 6.78. The Morgan fingerprint density at radius 2 is 2.11 bits per heavy atom. The lowest BCUT2D eigenvalue weighted by molar-refractivity contribution is -0.274. The van der Waals surface area contributed by atoms with Gasteiger partial charge in [-0.3, -0.25) is 0 Å². The molecule has 1 aliphatic carbocycles. The fourth-order valence-corrected chi connectivity index (χ4v) is 2.70. The van der Waals surface area contributed by atoms with Crippen LogP contribution in [0.15, 0.2) is 24.3 Å². The summed E-state index contributed by atoms with van der Waals surface area (Å²) < 4.78 is 40.5. The number of alkyl halides is 3. The standard InChI is InChI=1S/C14H18F3NO/c1-3-18-13-8-12(9(13)2)10-5-4-6-11(7-10)19-14(15,16)17/h4-7,9,12-13,18H,3,8H2,1-2H3. The summed E-state index contributed by atoms with van der Waals surface area (Å²) in [4.78, 5) is 0. The molecule has 19 heavy (non-hydrogen) atoms. The van der Waals surface area contributed by atoms with E-state index in [-0.39, 0.29) is 5.75 Å². The molecule has 0 aliphatic heterocycles. The van der Waals surface area contributed by atoms with Crippen LogP contribution in [-0.2, 0) is 0 Å². The Labute approximate surface area is 111 Å². The Kier molecular flexibility index (Phi) is 4.04. The molecule has 0 radical (unpaired) electrons. The highest BCUT2D eigenvalue weighted by Crippen LogP contribution is 2.43. The van der Waals surface area contributed by atoms with Gasteiger partial charge in [-0.1, -0.05) is 26.0 Å². The summed E-state index contributed by atoms with van der Waals surface area (Å²) in [5, 5.41) is 3.37. The molecule has 5 heteroatoms. The van der Waals surface area contributed by atoms with E-state index in [1.165, 1.54) is 12.1 Å². The molecule has 1 fully saturated rings. The third-order valence-corrected chi connectivity index (χ3v) is 3.76. The van der Waals surface area contributed by atoms with Crippen LogP contribution in [-0.4, -0.2) is 18.9 Å². The van der Waals surface area contributed by atoms with Crippen molar-refractivity contribution in [3.63, 3.8) is 0 Å². The molecule has 106 valence electrons. The molecule has 0 heterocycles. The van der Waals surface area contributed by atoms with Crippen LogP contribution in [0, 0.1) is 5.92 Å². The number of benzene rings is 1. The average Bonchev–Trinajstić information content (AvgIpc) is 2.31. The van der Waals surface area contributed by atoms with Crippen molar-refractivity contribution in [1.82, 2.24) is 5.32 Å². The van der Waals surface area contributed by atoms with Gasteiger partial charge in [0.25, 0.3) is 0 Å². The van der Waals surface area contributed by atoms with E-state index in [0.29, 0.717) is 17.9 Å². The predicted molar refractivity (Wildman–Crippen MR) is 67.1 cm³/mol. The molecule has 0 saturated heterocycles. The van der Waals surface area contributed by atoms with Gasteiger partial charge in [0, 0.05) is 6.04 Å². The minimum absolute atomic E-state index is 0.135. The van der Waals surface area contributed by atoms with Crippen molar-refractivity contribution in [3.05, 3.63) is 29.8 Å². The lowest BCUT2D eigenvalue weighted by Gasteiger charge is -2.43. The number of rotatable bonds is 4. The van der Waals surface area contributed by atoms with Crippen LogP contribution < -0.4 is 10.1 Å². The number of hydrogen-bond acceptors (Lipinski definition) is 2. The maximum Gasteiger partial charge on any atom is 0.573 e. The topological polar surface area (TPSA) is 21.3 Å². The van der Waals surface area contributed by atoms with Crippen molar-refractivity contribution in [3.8, 4) is 5.75 Å². The number of hydrogen-bond donors (Lipinski definition) is 1. The van der Waals surface area contributed by atoms with Gasteiger partial charge in [-0.25, -0.2) is 0 Å². The first-order chi connectivity index (χ1) is 8.90. The first-order valence-corrected chi connectivity index (χ1v) is 6.50. The maximum absolute atomic E-state index is 12.2. The van der Waals surface area contributed by atoms with Crippen molar-refractivity contribution < 1.29 is 17.9 Å². The Balaban J connectivity index is 2.04. The average molecular weight is 273 g/mol. The third kappa shape index (κ3) is 3.41. The molecular formula is C14H18F3NO. The Morgan fingerprint density at radius 1 is 1.37 bits per heavy atom. The molecule has 3 atom stereocenters. The summed E-state index contributed by atoms with van der Waals surface area (Å²) in [5.41, 5.74) is 0.920. The van der Waals surface area contributed by atoms with Gasteiger partial charge in [0.05, 0.1) is 0 Å². The summed E-state index contributed by atoms with van der Waals surface area (Å²) in [6.07, 6.45) is -3.67. The largest absolute Gasteiger partial charge is 0.573 e. The van der Waals surface area contributed by atoms with E-state index in [2.05, 4.69) is 23.9 Å². The zero-order valence-electron chi connectivity index (χ0n) is 11.0. The van der Waals surface area contributed by atoms with Gasteiger partial charge in [-0.15, -0.1) is 13.2 Å². The fraction of sp³-hybridized carbons (Fsp3) is 0.571. The molecule has 0 aromatic heterocycles. The van der Waals surface area contributed by atoms with E-state index in [1.54, 1.807) is 6.07 Å². The monoisotopic (exact) mass is 273 g/mol. The van der Waals surface area contributed by atoms with Crippen LogP contribution in [0.25, 0.3) is 0 Å². The molecule has 0 bridgehead atoms. The van der Waals surface area contributed by atoms with Crippen LogP contribution >= 0.6 is 0 Å². The Bertz CT molecular complexity index is 433. The number of nitrogens with one attached hydrogen (secondary N) is 1.